The van der Waals surface area contributed by atoms with E-state index in [2.05, 4.69) is 9.84 Å². The second-order valence-electron chi connectivity index (χ2n) is 6.96. The molecule has 1 aromatic heterocycles. The Morgan fingerprint density at radius 3 is 2.26 bits per heavy atom. The number of nitrogens with one attached hydrogen (secondary N) is 1. The van der Waals surface area contributed by atoms with Crippen LogP contribution in [-0.2, 0) is 0 Å². The van der Waals surface area contributed by atoms with Crippen molar-refractivity contribution in [2.45, 2.75) is 18.6 Å². The largest absolute Gasteiger partial charge is 0.573 e. The average Bonchev–Trinajstić information content (AvgIpc) is 2.76. The van der Waals surface area contributed by atoms with E-state index in [0.717, 1.165) is 42.5 Å². The quantitative estimate of drug-likeness (QED) is 0.500. The Bertz CT molecular complexity index is 1270. The van der Waals surface area contributed by atoms with Gasteiger partial charge in [0.2, 0.25) is 0 Å². The van der Waals surface area contributed by atoms with Crippen molar-refractivity contribution in [1.29, 1.82) is 0 Å². The third-order valence-electron chi connectivity index (χ3n) is 4.48. The SMILES string of the molecule is O=C(NC(CO)C(F)(F)F)c1cc(-c2ccc(OC(F)(F)F)cc2)nn(-c2cccc(F)c2)c1=O. The summed E-state index contributed by atoms with van der Waals surface area (Å²) < 4.78 is 94.2. The zero-order chi connectivity index (χ0) is 26.0. The van der Waals surface area contributed by atoms with E-state index in [1.807, 2.05) is 0 Å². The van der Waals surface area contributed by atoms with Crippen molar-refractivity contribution in [3.8, 4) is 22.7 Å². The number of alkyl halides is 6. The molecule has 0 aliphatic carbocycles. The maximum atomic E-state index is 13.7. The summed E-state index contributed by atoms with van der Waals surface area (Å²) in [6, 6.07) is 6.49. The summed E-state index contributed by atoms with van der Waals surface area (Å²) in [4.78, 5) is 25.4. The van der Waals surface area contributed by atoms with Crippen molar-refractivity contribution in [3.63, 3.8) is 0 Å². The Kier molecular flexibility index (Phi) is 7.14. The van der Waals surface area contributed by atoms with Gasteiger partial charge in [0.15, 0.2) is 0 Å². The molecule has 0 saturated carbocycles. The molecule has 2 aromatic carbocycles. The van der Waals surface area contributed by atoms with Gasteiger partial charge < -0.3 is 15.2 Å². The van der Waals surface area contributed by atoms with Crippen LogP contribution in [0.25, 0.3) is 16.9 Å². The van der Waals surface area contributed by atoms with Gasteiger partial charge in [-0.3, -0.25) is 9.59 Å². The van der Waals surface area contributed by atoms with Gasteiger partial charge in [-0.05, 0) is 48.5 Å². The number of aliphatic hydroxyl groups excluding tert-OH is 1. The number of halogens is 7. The van der Waals surface area contributed by atoms with Crippen LogP contribution >= 0.6 is 0 Å². The fraction of sp³-hybridized carbons (Fsp3) is 0.190. The van der Waals surface area contributed by atoms with E-state index in [4.69, 9.17) is 5.11 Å². The van der Waals surface area contributed by atoms with Crippen molar-refractivity contribution in [1.82, 2.24) is 15.1 Å². The number of nitrogens with zero attached hydrogens (tertiary/aromatic N) is 2. The van der Waals surface area contributed by atoms with Gasteiger partial charge in [0.1, 0.15) is 23.2 Å². The first-order chi connectivity index (χ1) is 16.3. The molecule has 0 fully saturated rings. The molecule has 0 aliphatic rings. The molecule has 0 bridgehead atoms. The van der Waals surface area contributed by atoms with Crippen LogP contribution in [0, 0.1) is 5.82 Å². The highest BCUT2D eigenvalue weighted by molar-refractivity contribution is 5.95. The Labute approximate surface area is 191 Å². The third kappa shape index (κ3) is 6.35. The normalized spacial score (nSPS) is 12.8. The van der Waals surface area contributed by atoms with Gasteiger partial charge in [0.05, 0.1) is 18.0 Å². The summed E-state index contributed by atoms with van der Waals surface area (Å²) in [5.74, 6) is -2.90. The molecule has 1 heterocycles. The lowest BCUT2D eigenvalue weighted by Crippen LogP contribution is -2.49. The van der Waals surface area contributed by atoms with Crippen LogP contribution in [-0.4, -0.2) is 46.0 Å². The molecule has 14 heteroatoms. The maximum absolute atomic E-state index is 13.7. The molecule has 3 rings (SSSR count). The van der Waals surface area contributed by atoms with Crippen LogP contribution in [0.2, 0.25) is 0 Å². The lowest BCUT2D eigenvalue weighted by Gasteiger charge is -2.19. The summed E-state index contributed by atoms with van der Waals surface area (Å²) in [5, 5.41) is 14.4. The van der Waals surface area contributed by atoms with Crippen LogP contribution in [0.3, 0.4) is 0 Å². The molecule has 3 aromatic rings. The number of amides is 1. The van der Waals surface area contributed by atoms with E-state index in [9.17, 15) is 40.3 Å². The monoisotopic (exact) mass is 505 g/mol. The summed E-state index contributed by atoms with van der Waals surface area (Å²) in [6.07, 6.45) is -9.99. The first-order valence-electron chi connectivity index (χ1n) is 9.53. The molecule has 0 aliphatic heterocycles. The summed E-state index contributed by atoms with van der Waals surface area (Å²) >= 11 is 0. The van der Waals surface area contributed by atoms with Crippen molar-refractivity contribution < 1.29 is 45.4 Å². The highest BCUT2D eigenvalue weighted by atomic mass is 19.4. The highest BCUT2D eigenvalue weighted by Gasteiger charge is 2.40. The first kappa shape index (κ1) is 25.7. The first-order valence-corrected chi connectivity index (χ1v) is 9.53. The molecule has 1 amide bonds. The summed E-state index contributed by atoms with van der Waals surface area (Å²) in [7, 11) is 0. The lowest BCUT2D eigenvalue weighted by molar-refractivity contribution is -0.274. The van der Waals surface area contributed by atoms with Gasteiger partial charge in [0.25, 0.3) is 11.5 Å². The molecule has 35 heavy (non-hydrogen) atoms. The fourth-order valence-corrected chi connectivity index (χ4v) is 2.88. The van der Waals surface area contributed by atoms with Crippen molar-refractivity contribution in [2.24, 2.45) is 0 Å². The number of benzene rings is 2. The number of ether oxygens (including phenoxy) is 1. The predicted octanol–water partition coefficient (Wildman–Crippen LogP) is 3.59. The van der Waals surface area contributed by atoms with Crippen LogP contribution in [0.15, 0.2) is 59.4 Å². The van der Waals surface area contributed by atoms with E-state index in [1.54, 1.807) is 0 Å². The van der Waals surface area contributed by atoms with Gasteiger partial charge in [0, 0.05) is 5.56 Å². The second kappa shape index (κ2) is 9.74. The van der Waals surface area contributed by atoms with Gasteiger partial charge >= 0.3 is 12.5 Å². The average molecular weight is 505 g/mol. The Morgan fingerprint density at radius 1 is 1.06 bits per heavy atom. The molecule has 7 nitrogen and oxygen atoms in total. The Balaban J connectivity index is 2.12. The molecular weight excluding hydrogens is 491 g/mol. The Hall–Kier alpha value is -3.94. The van der Waals surface area contributed by atoms with Crippen LogP contribution in [0.1, 0.15) is 10.4 Å². The number of hydrogen-bond acceptors (Lipinski definition) is 5. The third-order valence-corrected chi connectivity index (χ3v) is 4.48. The van der Waals surface area contributed by atoms with Gasteiger partial charge in [-0.25, -0.2) is 4.39 Å². The number of rotatable bonds is 6. The number of aliphatic hydroxyl groups is 1. The van der Waals surface area contributed by atoms with E-state index < -0.39 is 53.8 Å². The molecule has 186 valence electrons. The predicted molar refractivity (Wildman–Crippen MR) is 106 cm³/mol. The second-order valence-corrected chi connectivity index (χ2v) is 6.96. The number of hydrogen-bond donors (Lipinski definition) is 2. The lowest BCUT2D eigenvalue weighted by atomic mass is 10.1. The standard InChI is InChI=1S/C21H14F7N3O4/c22-12-2-1-3-13(8-12)31-19(34)15(18(33)29-17(10-32)20(23,24)25)9-16(30-31)11-4-6-14(7-5-11)35-21(26,27)28/h1-9,17,32H,10H2,(H,29,33). The number of carbonyl (C=O) groups is 1. The van der Waals surface area contributed by atoms with Crippen LogP contribution in [0.5, 0.6) is 5.75 Å². The van der Waals surface area contributed by atoms with Crippen molar-refractivity contribution >= 4 is 5.91 Å². The fourth-order valence-electron chi connectivity index (χ4n) is 2.88. The summed E-state index contributed by atoms with van der Waals surface area (Å²) in [5.41, 5.74) is -2.42. The van der Waals surface area contributed by atoms with Crippen LogP contribution in [0.4, 0.5) is 30.7 Å². The zero-order valence-corrected chi connectivity index (χ0v) is 17.2. The van der Waals surface area contributed by atoms with E-state index >= 15 is 0 Å². The molecule has 1 atom stereocenters. The minimum absolute atomic E-state index is 0.0493. The molecule has 0 saturated heterocycles. The van der Waals surface area contributed by atoms with E-state index in [0.29, 0.717) is 4.68 Å². The molecule has 0 spiro atoms. The van der Waals surface area contributed by atoms with E-state index in [-0.39, 0.29) is 16.9 Å². The maximum Gasteiger partial charge on any atom is 0.573 e. The number of aromatic nitrogens is 2. The minimum atomic E-state index is -5.03. The number of carbonyl (C=O) groups excluding carboxylic acids is 1. The van der Waals surface area contributed by atoms with Gasteiger partial charge in [-0.1, -0.05) is 6.07 Å². The minimum Gasteiger partial charge on any atom is -0.406 e. The topological polar surface area (TPSA) is 93.4 Å². The highest BCUT2D eigenvalue weighted by Crippen LogP contribution is 2.26. The van der Waals surface area contributed by atoms with Gasteiger partial charge in [-0.15, -0.1) is 13.2 Å². The van der Waals surface area contributed by atoms with Gasteiger partial charge in [-0.2, -0.15) is 23.0 Å². The molecular formula is C21H14F7N3O4. The smallest absolute Gasteiger partial charge is 0.406 e. The van der Waals surface area contributed by atoms with Crippen molar-refractivity contribution in [2.75, 3.05) is 6.61 Å². The van der Waals surface area contributed by atoms with Crippen LogP contribution < -0.4 is 15.6 Å². The molecule has 1 unspecified atom stereocenters. The molecule has 0 radical (unpaired) electrons. The zero-order valence-electron chi connectivity index (χ0n) is 17.2. The summed E-state index contributed by atoms with van der Waals surface area (Å²) in [6.45, 7) is -1.51. The van der Waals surface area contributed by atoms with E-state index in [1.165, 1.54) is 17.4 Å². The molecule has 2 N–H and O–H groups in total. The van der Waals surface area contributed by atoms with Crippen molar-refractivity contribution in [3.05, 3.63) is 76.3 Å². The Morgan fingerprint density at radius 2 is 1.71 bits per heavy atom.